The van der Waals surface area contributed by atoms with E-state index >= 15 is 0 Å². The minimum Gasteiger partial charge on any atom is -0.427 e. The van der Waals surface area contributed by atoms with Crippen LogP contribution in [0.25, 0.3) is 0 Å². The summed E-state index contributed by atoms with van der Waals surface area (Å²) in [5.74, 6) is 0.559. The van der Waals surface area contributed by atoms with Gasteiger partial charge in [0.2, 0.25) is 0 Å². The molecule has 0 aromatic heterocycles. The number of halogens is 1. The zero-order valence-corrected chi connectivity index (χ0v) is 13.4. The molecule has 0 aliphatic rings. The molecule has 1 amide bonds. The lowest BCUT2D eigenvalue weighted by molar-refractivity contribution is -0.134. The third-order valence-electron chi connectivity index (χ3n) is 2.65. The lowest BCUT2D eigenvalue weighted by Crippen LogP contribution is -2.16. The number of carbonyl (C=O) groups excluding carboxylic acids is 2. The molecule has 0 saturated carbocycles. The van der Waals surface area contributed by atoms with Crippen molar-refractivity contribution in [2.75, 3.05) is 5.32 Å². The number of carbonyl (C=O) groups is 2. The van der Waals surface area contributed by atoms with Gasteiger partial charge in [-0.25, -0.2) is 4.79 Å². The molecule has 0 unspecified atom stereocenters. The monoisotopic (exact) mass is 363 g/mol. The lowest BCUT2D eigenvalue weighted by atomic mass is 10.3. The smallest absolute Gasteiger partial charge is 0.417 e. The van der Waals surface area contributed by atoms with E-state index in [-0.39, 0.29) is 5.97 Å². The van der Waals surface area contributed by atoms with Crippen LogP contribution in [-0.4, -0.2) is 12.1 Å². The molecule has 0 atom stereocenters. The molecule has 0 saturated heterocycles. The molecule has 0 spiro atoms. The Hall–Kier alpha value is -2.34. The lowest BCUT2D eigenvalue weighted by Gasteiger charge is -2.07. The van der Waals surface area contributed by atoms with E-state index in [1.54, 1.807) is 55.5 Å². The number of hydrogen-bond donors (Lipinski definition) is 1. The molecule has 1 N–H and O–H groups in total. The van der Waals surface area contributed by atoms with Crippen LogP contribution in [0.5, 0.6) is 11.5 Å². The summed E-state index contributed by atoms with van der Waals surface area (Å²) in [5.41, 5.74) is 0.540. The van der Waals surface area contributed by atoms with Crippen molar-refractivity contribution in [3.63, 3.8) is 0 Å². The molecule has 5 nitrogen and oxygen atoms in total. The number of nitrogens with one attached hydrogen (secondary N) is 1. The molecular weight excluding hydrogens is 350 g/mol. The molecule has 2 aromatic carbocycles. The molecule has 114 valence electrons. The summed E-state index contributed by atoms with van der Waals surface area (Å²) in [6.45, 7) is 1.72. The summed E-state index contributed by atoms with van der Waals surface area (Å²) >= 11 is 3.30. The van der Waals surface area contributed by atoms with Gasteiger partial charge < -0.3 is 9.47 Å². The highest BCUT2D eigenvalue weighted by molar-refractivity contribution is 9.10. The van der Waals surface area contributed by atoms with Crippen molar-refractivity contribution < 1.29 is 19.1 Å². The van der Waals surface area contributed by atoms with Gasteiger partial charge in [0, 0.05) is 16.6 Å². The van der Waals surface area contributed by atoms with Crippen LogP contribution in [0.15, 0.2) is 53.0 Å². The second kappa shape index (κ2) is 7.61. The standard InChI is InChI=1S/C16H14BrNO4/c1-2-15(19)21-13-9-5-12(6-10-13)18-16(20)22-14-7-3-11(17)4-8-14/h3-10H,2H2,1H3,(H,18,20). The Balaban J connectivity index is 1.91. The fraction of sp³-hybridized carbons (Fsp3) is 0.125. The SMILES string of the molecule is CCC(=O)Oc1ccc(NC(=O)Oc2ccc(Br)cc2)cc1. The zero-order valence-electron chi connectivity index (χ0n) is 11.8. The van der Waals surface area contributed by atoms with E-state index in [1.165, 1.54) is 0 Å². The van der Waals surface area contributed by atoms with E-state index in [4.69, 9.17) is 9.47 Å². The van der Waals surface area contributed by atoms with Gasteiger partial charge in [0.25, 0.3) is 0 Å². The molecule has 0 radical (unpaired) electrons. The first-order valence-electron chi connectivity index (χ1n) is 6.62. The first kappa shape index (κ1) is 16.0. The maximum atomic E-state index is 11.7. The second-order valence-corrected chi connectivity index (χ2v) is 5.24. The van der Waals surface area contributed by atoms with E-state index < -0.39 is 6.09 Å². The molecule has 0 heterocycles. The van der Waals surface area contributed by atoms with E-state index in [1.807, 2.05) is 0 Å². The molecular formula is C16H14BrNO4. The zero-order chi connectivity index (χ0) is 15.9. The fourth-order valence-corrected chi connectivity index (χ4v) is 1.83. The minimum absolute atomic E-state index is 0.305. The van der Waals surface area contributed by atoms with E-state index in [0.29, 0.717) is 23.6 Å². The molecule has 2 aromatic rings. The fourth-order valence-electron chi connectivity index (χ4n) is 1.56. The Morgan fingerprint density at radius 3 is 2.09 bits per heavy atom. The summed E-state index contributed by atoms with van der Waals surface area (Å²) in [6.07, 6.45) is -0.292. The van der Waals surface area contributed by atoms with Crippen LogP contribution in [0.3, 0.4) is 0 Å². The molecule has 0 aliphatic carbocycles. The predicted octanol–water partition coefficient (Wildman–Crippen LogP) is 4.38. The van der Waals surface area contributed by atoms with Crippen molar-refractivity contribution in [2.45, 2.75) is 13.3 Å². The minimum atomic E-state index is -0.597. The number of ether oxygens (including phenoxy) is 2. The van der Waals surface area contributed by atoms with Crippen LogP contribution in [0, 0.1) is 0 Å². The quantitative estimate of drug-likeness (QED) is 0.646. The van der Waals surface area contributed by atoms with Gasteiger partial charge in [0.1, 0.15) is 11.5 Å². The van der Waals surface area contributed by atoms with Gasteiger partial charge in [-0.15, -0.1) is 0 Å². The highest BCUT2D eigenvalue weighted by Gasteiger charge is 2.06. The van der Waals surface area contributed by atoms with Crippen molar-refractivity contribution >= 4 is 33.7 Å². The van der Waals surface area contributed by atoms with Gasteiger partial charge in [-0.2, -0.15) is 0 Å². The third-order valence-corrected chi connectivity index (χ3v) is 3.17. The van der Waals surface area contributed by atoms with Gasteiger partial charge in [0.05, 0.1) is 0 Å². The molecule has 6 heteroatoms. The average Bonchev–Trinajstić information content (AvgIpc) is 2.51. The highest BCUT2D eigenvalue weighted by Crippen LogP contribution is 2.18. The topological polar surface area (TPSA) is 64.6 Å². The number of anilines is 1. The largest absolute Gasteiger partial charge is 0.427 e. The van der Waals surface area contributed by atoms with E-state index in [2.05, 4.69) is 21.2 Å². The Morgan fingerprint density at radius 1 is 0.955 bits per heavy atom. The Labute approximate surface area is 136 Å². The third kappa shape index (κ3) is 4.89. The van der Waals surface area contributed by atoms with E-state index in [0.717, 1.165) is 4.47 Å². The normalized spacial score (nSPS) is 9.91. The van der Waals surface area contributed by atoms with Gasteiger partial charge in [-0.3, -0.25) is 10.1 Å². The van der Waals surface area contributed by atoms with Crippen molar-refractivity contribution in [1.29, 1.82) is 0 Å². The Morgan fingerprint density at radius 2 is 1.50 bits per heavy atom. The second-order valence-electron chi connectivity index (χ2n) is 4.32. The first-order chi connectivity index (χ1) is 10.6. The van der Waals surface area contributed by atoms with Crippen LogP contribution in [-0.2, 0) is 4.79 Å². The maximum absolute atomic E-state index is 11.7. The van der Waals surface area contributed by atoms with Crippen molar-refractivity contribution in [3.8, 4) is 11.5 Å². The van der Waals surface area contributed by atoms with Gasteiger partial charge in [-0.05, 0) is 48.5 Å². The summed E-state index contributed by atoms with van der Waals surface area (Å²) < 4.78 is 11.1. The summed E-state index contributed by atoms with van der Waals surface area (Å²) in [5, 5.41) is 2.59. The predicted molar refractivity (Wildman–Crippen MR) is 86.2 cm³/mol. The molecule has 22 heavy (non-hydrogen) atoms. The number of hydrogen-bond acceptors (Lipinski definition) is 4. The number of esters is 1. The van der Waals surface area contributed by atoms with Crippen LogP contribution in [0.4, 0.5) is 10.5 Å². The first-order valence-corrected chi connectivity index (χ1v) is 7.41. The summed E-state index contributed by atoms with van der Waals surface area (Å²) in [7, 11) is 0. The van der Waals surface area contributed by atoms with Gasteiger partial charge >= 0.3 is 12.1 Å². The molecule has 0 aliphatic heterocycles. The Bertz CT molecular complexity index is 653. The van der Waals surface area contributed by atoms with Crippen LogP contribution >= 0.6 is 15.9 Å². The van der Waals surface area contributed by atoms with Crippen LogP contribution in [0.1, 0.15) is 13.3 Å². The van der Waals surface area contributed by atoms with Gasteiger partial charge in [-0.1, -0.05) is 22.9 Å². The highest BCUT2D eigenvalue weighted by atomic mass is 79.9. The maximum Gasteiger partial charge on any atom is 0.417 e. The molecule has 2 rings (SSSR count). The van der Waals surface area contributed by atoms with Gasteiger partial charge in [0.15, 0.2) is 0 Å². The van der Waals surface area contributed by atoms with Crippen molar-refractivity contribution in [3.05, 3.63) is 53.0 Å². The summed E-state index contributed by atoms with van der Waals surface area (Å²) in [6, 6.07) is 13.4. The Kier molecular flexibility index (Phi) is 5.55. The van der Waals surface area contributed by atoms with Crippen molar-refractivity contribution in [1.82, 2.24) is 0 Å². The number of rotatable bonds is 4. The van der Waals surface area contributed by atoms with Crippen molar-refractivity contribution in [2.24, 2.45) is 0 Å². The summed E-state index contributed by atoms with van der Waals surface area (Å²) in [4.78, 5) is 22.9. The molecule has 0 fully saturated rings. The van der Waals surface area contributed by atoms with Crippen LogP contribution in [0.2, 0.25) is 0 Å². The molecule has 0 bridgehead atoms. The number of benzene rings is 2. The van der Waals surface area contributed by atoms with E-state index in [9.17, 15) is 9.59 Å². The number of amides is 1. The average molecular weight is 364 g/mol. The van der Waals surface area contributed by atoms with Crippen LogP contribution < -0.4 is 14.8 Å².